The van der Waals surface area contributed by atoms with Crippen LogP contribution < -0.4 is 0 Å². The number of hydrogen-bond acceptors (Lipinski definition) is 1. The Morgan fingerprint density at radius 3 is 2.33 bits per heavy atom. The molecule has 0 fully saturated rings. The van der Waals surface area contributed by atoms with E-state index in [1.54, 1.807) is 0 Å². The van der Waals surface area contributed by atoms with E-state index in [1.165, 1.54) is 12.8 Å². The molecule has 0 saturated heterocycles. The van der Waals surface area contributed by atoms with Crippen molar-refractivity contribution in [3.05, 3.63) is 12.3 Å². The third-order valence-electron chi connectivity index (χ3n) is 2.04. The summed E-state index contributed by atoms with van der Waals surface area (Å²) in [5, 5.41) is 8.85. The molecule has 0 bridgehead atoms. The first-order chi connectivity index (χ1) is 5.52. The molecule has 0 aromatic carbocycles. The molecule has 12 heavy (non-hydrogen) atoms. The molecule has 0 aliphatic carbocycles. The summed E-state index contributed by atoms with van der Waals surface area (Å²) < 4.78 is 0. The van der Waals surface area contributed by atoms with Gasteiger partial charge in [0.05, 0.1) is 5.76 Å². The average Bonchev–Trinajstić information content (AvgIpc) is 1.84. The van der Waals surface area contributed by atoms with Gasteiger partial charge in [-0.25, -0.2) is 0 Å². The van der Waals surface area contributed by atoms with Gasteiger partial charge in [0.15, 0.2) is 0 Å². The Labute approximate surface area is 76.5 Å². The normalized spacial score (nSPS) is 13.3. The van der Waals surface area contributed by atoms with Gasteiger partial charge < -0.3 is 5.11 Å². The molecule has 0 heterocycles. The Kier molecular flexibility index (Phi) is 5.87. The minimum absolute atomic E-state index is 0.326. The molecule has 0 aliphatic heterocycles. The smallest absolute Gasteiger partial charge is 0.0851 e. The SMILES string of the molecule is C=C(O)CCCC(C)CC(C)C. The highest BCUT2D eigenvalue weighted by atomic mass is 16.3. The van der Waals surface area contributed by atoms with Crippen molar-refractivity contribution in [2.45, 2.75) is 46.5 Å². The van der Waals surface area contributed by atoms with Crippen molar-refractivity contribution in [2.24, 2.45) is 11.8 Å². The first-order valence-corrected chi connectivity index (χ1v) is 4.89. The first-order valence-electron chi connectivity index (χ1n) is 4.89. The molecule has 0 aromatic rings. The molecular formula is C11H22O. The molecule has 1 unspecified atom stereocenters. The Morgan fingerprint density at radius 1 is 1.33 bits per heavy atom. The number of rotatable bonds is 6. The monoisotopic (exact) mass is 170 g/mol. The van der Waals surface area contributed by atoms with Crippen LogP contribution in [0.1, 0.15) is 46.5 Å². The van der Waals surface area contributed by atoms with Crippen LogP contribution in [-0.2, 0) is 0 Å². The first kappa shape index (κ1) is 11.5. The highest BCUT2D eigenvalue weighted by Gasteiger charge is 2.04. The van der Waals surface area contributed by atoms with E-state index in [1.807, 2.05) is 0 Å². The Balaban J connectivity index is 3.31. The topological polar surface area (TPSA) is 20.2 Å². The lowest BCUT2D eigenvalue weighted by Crippen LogP contribution is -2.00. The Bertz CT molecular complexity index is 127. The lowest BCUT2D eigenvalue weighted by atomic mass is 9.94. The van der Waals surface area contributed by atoms with Crippen molar-refractivity contribution in [2.75, 3.05) is 0 Å². The summed E-state index contributed by atoms with van der Waals surface area (Å²) >= 11 is 0. The molecule has 72 valence electrons. The van der Waals surface area contributed by atoms with Gasteiger partial charge in [-0.3, -0.25) is 0 Å². The van der Waals surface area contributed by atoms with Crippen LogP contribution in [0.4, 0.5) is 0 Å². The van der Waals surface area contributed by atoms with E-state index in [-0.39, 0.29) is 0 Å². The molecule has 0 radical (unpaired) electrons. The van der Waals surface area contributed by atoms with Crippen LogP contribution in [-0.4, -0.2) is 5.11 Å². The third-order valence-corrected chi connectivity index (χ3v) is 2.04. The average molecular weight is 170 g/mol. The molecule has 0 amide bonds. The van der Waals surface area contributed by atoms with Gasteiger partial charge in [-0.05, 0) is 24.7 Å². The van der Waals surface area contributed by atoms with Gasteiger partial charge in [0, 0.05) is 6.42 Å². The molecule has 1 nitrogen and oxygen atoms in total. The third kappa shape index (κ3) is 7.64. The Hall–Kier alpha value is -0.460. The van der Waals surface area contributed by atoms with Crippen LogP contribution in [0.2, 0.25) is 0 Å². The van der Waals surface area contributed by atoms with E-state index in [9.17, 15) is 0 Å². The van der Waals surface area contributed by atoms with Gasteiger partial charge in [-0.2, -0.15) is 0 Å². The highest BCUT2D eigenvalue weighted by Crippen LogP contribution is 2.17. The molecule has 1 atom stereocenters. The number of hydrogen-bond donors (Lipinski definition) is 1. The largest absolute Gasteiger partial charge is 0.513 e. The summed E-state index contributed by atoms with van der Waals surface area (Å²) in [6.07, 6.45) is 4.33. The Morgan fingerprint density at radius 2 is 1.92 bits per heavy atom. The van der Waals surface area contributed by atoms with E-state index in [4.69, 9.17) is 5.11 Å². The fraction of sp³-hybridized carbons (Fsp3) is 0.818. The predicted octanol–water partition coefficient (Wildman–Crippen LogP) is 3.91. The summed E-state index contributed by atoms with van der Waals surface area (Å²) in [4.78, 5) is 0. The van der Waals surface area contributed by atoms with Crippen molar-refractivity contribution in [3.8, 4) is 0 Å². The van der Waals surface area contributed by atoms with Crippen molar-refractivity contribution in [1.82, 2.24) is 0 Å². The number of aliphatic hydroxyl groups is 1. The number of aliphatic hydroxyl groups excluding tert-OH is 1. The number of allylic oxidation sites excluding steroid dienone is 1. The van der Waals surface area contributed by atoms with Crippen molar-refractivity contribution in [1.29, 1.82) is 0 Å². The quantitative estimate of drug-likeness (QED) is 0.599. The molecule has 0 aliphatic rings. The van der Waals surface area contributed by atoms with Crippen LogP contribution in [0.3, 0.4) is 0 Å². The maximum absolute atomic E-state index is 8.85. The van der Waals surface area contributed by atoms with E-state index in [0.717, 1.165) is 24.7 Å². The zero-order chi connectivity index (χ0) is 9.56. The molecule has 0 saturated carbocycles. The van der Waals surface area contributed by atoms with Crippen molar-refractivity contribution in [3.63, 3.8) is 0 Å². The van der Waals surface area contributed by atoms with Gasteiger partial charge in [0.25, 0.3) is 0 Å². The minimum Gasteiger partial charge on any atom is -0.513 e. The molecule has 0 spiro atoms. The van der Waals surface area contributed by atoms with Gasteiger partial charge in [0.2, 0.25) is 0 Å². The van der Waals surface area contributed by atoms with Crippen LogP contribution in [0.5, 0.6) is 0 Å². The van der Waals surface area contributed by atoms with Crippen LogP contribution >= 0.6 is 0 Å². The van der Waals surface area contributed by atoms with Crippen LogP contribution in [0.25, 0.3) is 0 Å². The summed E-state index contributed by atoms with van der Waals surface area (Å²) in [7, 11) is 0. The van der Waals surface area contributed by atoms with E-state index in [0.29, 0.717) is 5.76 Å². The zero-order valence-corrected chi connectivity index (χ0v) is 8.64. The highest BCUT2D eigenvalue weighted by molar-refractivity contribution is 4.78. The van der Waals surface area contributed by atoms with Gasteiger partial charge in [0.1, 0.15) is 0 Å². The fourth-order valence-corrected chi connectivity index (χ4v) is 1.58. The maximum Gasteiger partial charge on any atom is 0.0851 e. The lowest BCUT2D eigenvalue weighted by Gasteiger charge is -2.12. The molecule has 0 rings (SSSR count). The van der Waals surface area contributed by atoms with Crippen molar-refractivity contribution < 1.29 is 5.11 Å². The molecule has 1 heteroatoms. The van der Waals surface area contributed by atoms with Gasteiger partial charge in [-0.1, -0.05) is 33.8 Å². The van der Waals surface area contributed by atoms with Crippen molar-refractivity contribution >= 4 is 0 Å². The van der Waals surface area contributed by atoms with Gasteiger partial charge >= 0.3 is 0 Å². The molecule has 1 N–H and O–H groups in total. The zero-order valence-electron chi connectivity index (χ0n) is 8.64. The summed E-state index contributed by atoms with van der Waals surface area (Å²) in [5.41, 5.74) is 0. The van der Waals surface area contributed by atoms with Crippen LogP contribution in [0, 0.1) is 11.8 Å². The predicted molar refractivity (Wildman–Crippen MR) is 54.2 cm³/mol. The lowest BCUT2D eigenvalue weighted by molar-refractivity contribution is 0.361. The second-order valence-electron chi connectivity index (χ2n) is 4.19. The second-order valence-corrected chi connectivity index (χ2v) is 4.19. The standard InChI is InChI=1S/C11H22O/c1-9(2)8-10(3)6-5-7-11(4)12/h9-10,12H,4-8H2,1-3H3. The maximum atomic E-state index is 8.85. The second kappa shape index (κ2) is 6.10. The van der Waals surface area contributed by atoms with E-state index >= 15 is 0 Å². The summed E-state index contributed by atoms with van der Waals surface area (Å²) in [6, 6.07) is 0. The molecular weight excluding hydrogens is 148 g/mol. The molecule has 0 aromatic heterocycles. The van der Waals surface area contributed by atoms with Gasteiger partial charge in [-0.15, -0.1) is 0 Å². The van der Waals surface area contributed by atoms with E-state index in [2.05, 4.69) is 27.4 Å². The minimum atomic E-state index is 0.326. The van der Waals surface area contributed by atoms with E-state index < -0.39 is 0 Å². The fourth-order valence-electron chi connectivity index (χ4n) is 1.58. The van der Waals surface area contributed by atoms with Crippen LogP contribution in [0.15, 0.2) is 12.3 Å². The summed E-state index contributed by atoms with van der Waals surface area (Å²) in [6.45, 7) is 10.2. The summed E-state index contributed by atoms with van der Waals surface area (Å²) in [5.74, 6) is 1.90.